The molecule has 1 unspecified atom stereocenters. The molecule has 0 bridgehead atoms. The quantitative estimate of drug-likeness (QED) is 0.834. The number of nitrogens with two attached hydrogens (primary N) is 1. The molecule has 2 aromatic rings. The van der Waals surface area contributed by atoms with Gasteiger partial charge in [-0.25, -0.2) is 0 Å². The Bertz CT molecular complexity index is 558. The molecule has 0 radical (unpaired) electrons. The highest BCUT2D eigenvalue weighted by Crippen LogP contribution is 2.21. The maximum Gasteiger partial charge on any atom is 0.118 e. The Labute approximate surface area is 120 Å². The van der Waals surface area contributed by atoms with Crippen molar-refractivity contribution >= 4 is 0 Å². The average Bonchev–Trinajstić information content (AvgIpc) is 2.53. The number of allylic oxidation sites excluding steroid dienone is 1. The van der Waals surface area contributed by atoms with Crippen molar-refractivity contribution in [1.82, 2.24) is 0 Å². The van der Waals surface area contributed by atoms with E-state index in [2.05, 4.69) is 37.3 Å². The molecule has 20 heavy (non-hydrogen) atoms. The van der Waals surface area contributed by atoms with Crippen LogP contribution in [0.2, 0.25) is 0 Å². The normalized spacial score (nSPS) is 13.1. The van der Waals surface area contributed by atoms with E-state index in [4.69, 9.17) is 10.5 Å². The number of benzene rings is 2. The predicted octanol–water partition coefficient (Wildman–Crippen LogP) is 3.88. The summed E-state index contributed by atoms with van der Waals surface area (Å²) in [6.07, 6.45) is 3.11. The Morgan fingerprint density at radius 2 is 1.75 bits per heavy atom. The zero-order valence-corrected chi connectivity index (χ0v) is 12.0. The average molecular weight is 267 g/mol. The molecular formula is C18H21NO. The summed E-state index contributed by atoms with van der Waals surface area (Å²) in [4.78, 5) is 0. The molecule has 0 aliphatic rings. The van der Waals surface area contributed by atoms with Crippen LogP contribution in [0.1, 0.15) is 24.1 Å². The zero-order chi connectivity index (χ0) is 14.4. The first kappa shape index (κ1) is 14.4. The van der Waals surface area contributed by atoms with Gasteiger partial charge in [-0.15, -0.1) is 0 Å². The van der Waals surface area contributed by atoms with Crippen LogP contribution in [0.3, 0.4) is 0 Å². The molecule has 2 N–H and O–H groups in total. The third kappa shape index (κ3) is 3.72. The molecule has 0 spiro atoms. The SMILES string of the molecule is COc1ccc(C(N)/C(C)=C/Cc2ccccc2)cc1. The van der Waals surface area contributed by atoms with Crippen molar-refractivity contribution in [3.05, 3.63) is 77.4 Å². The van der Waals surface area contributed by atoms with E-state index in [0.717, 1.165) is 17.7 Å². The molecule has 1 atom stereocenters. The topological polar surface area (TPSA) is 35.2 Å². The van der Waals surface area contributed by atoms with E-state index in [1.165, 1.54) is 11.1 Å². The summed E-state index contributed by atoms with van der Waals surface area (Å²) in [5.41, 5.74) is 9.87. The van der Waals surface area contributed by atoms with Crippen molar-refractivity contribution in [2.75, 3.05) is 7.11 Å². The fraction of sp³-hybridized carbons (Fsp3) is 0.222. The molecule has 0 saturated carbocycles. The summed E-state index contributed by atoms with van der Waals surface area (Å²) in [5, 5.41) is 0. The second kappa shape index (κ2) is 6.92. The first-order chi connectivity index (χ1) is 9.70. The fourth-order valence-corrected chi connectivity index (χ4v) is 2.09. The molecular weight excluding hydrogens is 246 g/mol. The molecule has 2 nitrogen and oxygen atoms in total. The lowest BCUT2D eigenvalue weighted by atomic mass is 9.99. The number of rotatable bonds is 5. The van der Waals surface area contributed by atoms with Gasteiger partial charge in [-0.1, -0.05) is 54.1 Å². The maximum atomic E-state index is 6.29. The van der Waals surface area contributed by atoms with Crippen molar-refractivity contribution in [1.29, 1.82) is 0 Å². The summed E-state index contributed by atoms with van der Waals surface area (Å²) in [5.74, 6) is 0.854. The number of hydrogen-bond donors (Lipinski definition) is 1. The van der Waals surface area contributed by atoms with Gasteiger partial charge in [-0.05, 0) is 36.6 Å². The van der Waals surface area contributed by atoms with Gasteiger partial charge < -0.3 is 10.5 Å². The van der Waals surface area contributed by atoms with Gasteiger partial charge in [-0.3, -0.25) is 0 Å². The molecule has 104 valence electrons. The molecule has 2 aromatic carbocycles. The van der Waals surface area contributed by atoms with Crippen LogP contribution >= 0.6 is 0 Å². The van der Waals surface area contributed by atoms with Crippen molar-refractivity contribution < 1.29 is 4.74 Å². The lowest BCUT2D eigenvalue weighted by Gasteiger charge is -2.13. The van der Waals surface area contributed by atoms with Gasteiger partial charge >= 0.3 is 0 Å². The van der Waals surface area contributed by atoms with Crippen LogP contribution in [0.4, 0.5) is 0 Å². The van der Waals surface area contributed by atoms with Crippen molar-refractivity contribution in [3.63, 3.8) is 0 Å². The summed E-state index contributed by atoms with van der Waals surface area (Å²) in [6.45, 7) is 2.08. The first-order valence-electron chi connectivity index (χ1n) is 6.81. The van der Waals surface area contributed by atoms with Crippen LogP contribution in [0.15, 0.2) is 66.2 Å². The number of hydrogen-bond acceptors (Lipinski definition) is 2. The largest absolute Gasteiger partial charge is 0.497 e. The van der Waals surface area contributed by atoms with E-state index >= 15 is 0 Å². The van der Waals surface area contributed by atoms with Crippen LogP contribution < -0.4 is 10.5 Å². The number of ether oxygens (including phenoxy) is 1. The molecule has 2 rings (SSSR count). The zero-order valence-electron chi connectivity index (χ0n) is 12.0. The Morgan fingerprint density at radius 1 is 1.10 bits per heavy atom. The highest BCUT2D eigenvalue weighted by atomic mass is 16.5. The molecule has 0 heterocycles. The summed E-state index contributed by atoms with van der Waals surface area (Å²) >= 11 is 0. The minimum Gasteiger partial charge on any atom is -0.497 e. The van der Waals surface area contributed by atoms with Gasteiger partial charge in [0.2, 0.25) is 0 Å². The fourth-order valence-electron chi connectivity index (χ4n) is 2.09. The van der Waals surface area contributed by atoms with E-state index in [9.17, 15) is 0 Å². The highest BCUT2D eigenvalue weighted by Gasteiger charge is 2.07. The van der Waals surface area contributed by atoms with Gasteiger partial charge in [0.1, 0.15) is 5.75 Å². The van der Waals surface area contributed by atoms with E-state index in [1.54, 1.807) is 7.11 Å². The van der Waals surface area contributed by atoms with Crippen LogP contribution in [0.5, 0.6) is 5.75 Å². The minimum absolute atomic E-state index is 0.0652. The van der Waals surface area contributed by atoms with Crippen molar-refractivity contribution in [2.45, 2.75) is 19.4 Å². The third-order valence-electron chi connectivity index (χ3n) is 3.47. The van der Waals surface area contributed by atoms with Crippen LogP contribution in [0.25, 0.3) is 0 Å². The Kier molecular flexibility index (Phi) is 4.97. The Balaban J connectivity index is 2.05. The van der Waals surface area contributed by atoms with Crippen LogP contribution in [-0.2, 0) is 6.42 Å². The minimum atomic E-state index is -0.0652. The van der Waals surface area contributed by atoms with Gasteiger partial charge in [0.05, 0.1) is 13.2 Å². The predicted molar refractivity (Wildman–Crippen MR) is 83.8 cm³/mol. The lowest BCUT2D eigenvalue weighted by Crippen LogP contribution is -2.11. The monoisotopic (exact) mass is 267 g/mol. The molecule has 0 fully saturated rings. The molecule has 0 saturated heterocycles. The van der Waals surface area contributed by atoms with Gasteiger partial charge in [0.15, 0.2) is 0 Å². The molecule has 0 aliphatic heterocycles. The highest BCUT2D eigenvalue weighted by molar-refractivity contribution is 5.33. The van der Waals surface area contributed by atoms with Gasteiger partial charge in [0.25, 0.3) is 0 Å². The lowest BCUT2D eigenvalue weighted by molar-refractivity contribution is 0.414. The Hall–Kier alpha value is -2.06. The molecule has 2 heteroatoms. The van der Waals surface area contributed by atoms with Crippen molar-refractivity contribution in [3.8, 4) is 5.75 Å². The van der Waals surface area contributed by atoms with E-state index < -0.39 is 0 Å². The standard InChI is InChI=1S/C18H21NO/c1-14(8-9-15-6-4-3-5-7-15)18(19)16-10-12-17(20-2)13-11-16/h3-8,10-13,18H,9,19H2,1-2H3/b14-8+. The second-order valence-corrected chi connectivity index (χ2v) is 4.89. The summed E-state index contributed by atoms with van der Waals surface area (Å²) in [7, 11) is 1.67. The maximum absolute atomic E-state index is 6.29. The molecule has 0 aliphatic carbocycles. The third-order valence-corrected chi connectivity index (χ3v) is 3.47. The van der Waals surface area contributed by atoms with Crippen molar-refractivity contribution in [2.24, 2.45) is 5.73 Å². The second-order valence-electron chi connectivity index (χ2n) is 4.89. The van der Waals surface area contributed by atoms with Crippen LogP contribution in [-0.4, -0.2) is 7.11 Å². The van der Waals surface area contributed by atoms with Gasteiger partial charge in [-0.2, -0.15) is 0 Å². The molecule has 0 amide bonds. The summed E-state index contributed by atoms with van der Waals surface area (Å²) in [6, 6.07) is 18.3. The van der Waals surface area contributed by atoms with Gasteiger partial charge in [0, 0.05) is 0 Å². The number of methoxy groups -OCH3 is 1. The summed E-state index contributed by atoms with van der Waals surface area (Å²) < 4.78 is 5.16. The molecule has 0 aromatic heterocycles. The van der Waals surface area contributed by atoms with E-state index in [-0.39, 0.29) is 6.04 Å². The van der Waals surface area contributed by atoms with E-state index in [0.29, 0.717) is 0 Å². The van der Waals surface area contributed by atoms with E-state index in [1.807, 2.05) is 30.3 Å². The Morgan fingerprint density at radius 3 is 2.35 bits per heavy atom. The smallest absolute Gasteiger partial charge is 0.118 e. The van der Waals surface area contributed by atoms with Crippen LogP contribution in [0, 0.1) is 0 Å². The first-order valence-corrected chi connectivity index (χ1v) is 6.81.